The van der Waals surface area contributed by atoms with E-state index in [4.69, 9.17) is 9.15 Å². The molecule has 31 heavy (non-hydrogen) atoms. The van der Waals surface area contributed by atoms with Crippen molar-refractivity contribution in [1.29, 1.82) is 0 Å². The molecule has 8 heteroatoms. The van der Waals surface area contributed by atoms with Crippen molar-refractivity contribution in [2.75, 3.05) is 23.3 Å². The third-order valence-electron chi connectivity index (χ3n) is 5.35. The van der Waals surface area contributed by atoms with Gasteiger partial charge in [-0.15, -0.1) is 0 Å². The first kappa shape index (κ1) is 21.0. The predicted octanol–water partition coefficient (Wildman–Crippen LogP) is 4.30. The minimum Gasteiger partial charge on any atom is -0.497 e. The van der Waals surface area contributed by atoms with Gasteiger partial charge in [0.25, 0.3) is 15.9 Å². The zero-order valence-electron chi connectivity index (χ0n) is 17.6. The lowest BCUT2D eigenvalue weighted by atomic mass is 10.0. The Bertz CT molecular complexity index is 1230. The van der Waals surface area contributed by atoms with Crippen LogP contribution in [0.25, 0.3) is 0 Å². The van der Waals surface area contributed by atoms with E-state index in [1.807, 2.05) is 6.07 Å². The van der Waals surface area contributed by atoms with Crippen LogP contribution in [-0.4, -0.2) is 28.0 Å². The summed E-state index contributed by atoms with van der Waals surface area (Å²) in [5.41, 5.74) is 2.61. The Kier molecular flexibility index (Phi) is 5.49. The Morgan fingerprint density at radius 1 is 1.10 bits per heavy atom. The summed E-state index contributed by atoms with van der Waals surface area (Å²) in [6, 6.07) is 13.4. The molecule has 1 aliphatic rings. The molecule has 1 aliphatic heterocycles. The van der Waals surface area contributed by atoms with Gasteiger partial charge in [-0.25, -0.2) is 8.42 Å². The number of nitrogens with one attached hydrogen (secondary N) is 1. The van der Waals surface area contributed by atoms with E-state index in [0.717, 1.165) is 12.0 Å². The van der Waals surface area contributed by atoms with Crippen LogP contribution in [0.15, 0.2) is 57.8 Å². The van der Waals surface area contributed by atoms with Gasteiger partial charge in [0.05, 0.1) is 23.3 Å². The summed E-state index contributed by atoms with van der Waals surface area (Å²) >= 11 is 0. The number of hydrogen-bond donors (Lipinski definition) is 1. The lowest BCUT2D eigenvalue weighted by Gasteiger charge is -2.31. The first-order valence-electron chi connectivity index (χ1n) is 9.97. The van der Waals surface area contributed by atoms with Gasteiger partial charge >= 0.3 is 0 Å². The average molecular weight is 441 g/mol. The van der Waals surface area contributed by atoms with Crippen LogP contribution in [0.4, 0.5) is 11.4 Å². The van der Waals surface area contributed by atoms with Crippen molar-refractivity contribution in [2.24, 2.45) is 0 Å². The molecule has 0 atom stereocenters. The highest BCUT2D eigenvalue weighted by Gasteiger charge is 2.29. The number of benzene rings is 2. The molecule has 0 unspecified atom stereocenters. The van der Waals surface area contributed by atoms with E-state index in [1.165, 1.54) is 11.4 Å². The van der Waals surface area contributed by atoms with Crippen molar-refractivity contribution < 1.29 is 22.4 Å². The van der Waals surface area contributed by atoms with Gasteiger partial charge in [-0.3, -0.25) is 9.10 Å². The molecule has 0 bridgehead atoms. The number of sulfonamides is 1. The topological polar surface area (TPSA) is 88.9 Å². The zero-order valence-corrected chi connectivity index (χ0v) is 18.5. The van der Waals surface area contributed by atoms with Gasteiger partial charge in [0.1, 0.15) is 17.3 Å². The van der Waals surface area contributed by atoms with Crippen LogP contribution in [0, 0.1) is 13.8 Å². The number of carbonyl (C=O) groups excluding carboxylic acids is 1. The number of rotatable bonds is 5. The molecule has 0 saturated carbocycles. The number of nitrogens with zero attached hydrogens (tertiary/aromatic N) is 1. The monoisotopic (exact) mass is 440 g/mol. The van der Waals surface area contributed by atoms with Gasteiger partial charge in [0, 0.05) is 12.2 Å². The maximum absolute atomic E-state index is 13.2. The second-order valence-electron chi connectivity index (χ2n) is 7.48. The van der Waals surface area contributed by atoms with E-state index in [9.17, 15) is 13.2 Å². The Hall–Kier alpha value is -3.26. The second kappa shape index (κ2) is 8.11. The third-order valence-corrected chi connectivity index (χ3v) is 7.17. The molecule has 7 nitrogen and oxygen atoms in total. The molecule has 0 radical (unpaired) electrons. The first-order chi connectivity index (χ1) is 14.8. The van der Waals surface area contributed by atoms with Crippen LogP contribution < -0.4 is 14.4 Å². The van der Waals surface area contributed by atoms with Crippen molar-refractivity contribution in [3.05, 3.63) is 71.2 Å². The number of aryl methyl sites for hydroxylation is 3. The fourth-order valence-corrected chi connectivity index (χ4v) is 5.36. The summed E-state index contributed by atoms with van der Waals surface area (Å²) in [7, 11) is -2.17. The van der Waals surface area contributed by atoms with Gasteiger partial charge in [0.2, 0.25) is 0 Å². The fraction of sp³-hybridized carbons (Fsp3) is 0.261. The second-order valence-corrected chi connectivity index (χ2v) is 9.34. The van der Waals surface area contributed by atoms with Crippen LogP contribution >= 0.6 is 0 Å². The number of anilines is 2. The highest BCUT2D eigenvalue weighted by Crippen LogP contribution is 2.34. The maximum atomic E-state index is 13.2. The molecule has 1 amide bonds. The summed E-state index contributed by atoms with van der Waals surface area (Å²) in [6.45, 7) is 3.94. The standard InChI is InChI=1S/C23H24N2O5S/c1-15-13-21(16(2)30-15)23(26)24-18-6-11-22-17(14-18)5-4-12-25(22)31(27,28)20-9-7-19(29-3)8-10-20/h6-11,13-14H,4-5,12H2,1-3H3,(H,24,26). The normalized spacial score (nSPS) is 13.6. The molecule has 4 rings (SSSR count). The zero-order chi connectivity index (χ0) is 22.2. The number of furan rings is 1. The van der Waals surface area contributed by atoms with Gasteiger partial charge < -0.3 is 14.5 Å². The largest absolute Gasteiger partial charge is 0.497 e. The maximum Gasteiger partial charge on any atom is 0.264 e. The molecule has 2 aromatic carbocycles. The lowest BCUT2D eigenvalue weighted by molar-refractivity contribution is 0.102. The average Bonchev–Trinajstić information content (AvgIpc) is 3.11. The highest BCUT2D eigenvalue weighted by molar-refractivity contribution is 7.92. The van der Waals surface area contributed by atoms with E-state index >= 15 is 0 Å². The summed E-state index contributed by atoms with van der Waals surface area (Å²) in [6.07, 6.45) is 1.43. The summed E-state index contributed by atoms with van der Waals surface area (Å²) in [4.78, 5) is 12.8. The Balaban J connectivity index is 1.61. The number of amides is 1. The van der Waals surface area contributed by atoms with Crippen LogP contribution in [0.3, 0.4) is 0 Å². The van der Waals surface area contributed by atoms with Crippen molar-refractivity contribution in [2.45, 2.75) is 31.6 Å². The number of ether oxygens (including phenoxy) is 1. The van der Waals surface area contributed by atoms with Crippen LogP contribution in [0.1, 0.15) is 33.9 Å². The first-order valence-corrected chi connectivity index (χ1v) is 11.4. The molecule has 162 valence electrons. The molecule has 2 heterocycles. The van der Waals surface area contributed by atoms with Crippen LogP contribution in [0.5, 0.6) is 5.75 Å². The predicted molar refractivity (Wildman–Crippen MR) is 118 cm³/mol. The number of fused-ring (bicyclic) bond motifs is 1. The molecular formula is C23H24N2O5S. The minimum atomic E-state index is -3.70. The molecule has 0 spiro atoms. The summed E-state index contributed by atoms with van der Waals surface area (Å²) in [5, 5.41) is 2.88. The minimum absolute atomic E-state index is 0.212. The van der Waals surface area contributed by atoms with Gasteiger partial charge in [-0.2, -0.15) is 0 Å². The van der Waals surface area contributed by atoms with E-state index < -0.39 is 10.0 Å². The van der Waals surface area contributed by atoms with E-state index in [0.29, 0.717) is 47.2 Å². The van der Waals surface area contributed by atoms with Gasteiger partial charge in [-0.05, 0) is 80.8 Å². The third kappa shape index (κ3) is 4.03. The van der Waals surface area contributed by atoms with Gasteiger partial charge in [-0.1, -0.05) is 0 Å². The Labute approximate surface area is 181 Å². The van der Waals surface area contributed by atoms with Crippen molar-refractivity contribution >= 4 is 27.3 Å². The molecule has 1 aromatic heterocycles. The SMILES string of the molecule is COc1ccc(S(=O)(=O)N2CCCc3cc(NC(=O)c4cc(C)oc4C)ccc32)cc1. The Morgan fingerprint density at radius 2 is 1.84 bits per heavy atom. The van der Waals surface area contributed by atoms with E-state index in [1.54, 1.807) is 56.3 Å². The smallest absolute Gasteiger partial charge is 0.264 e. The van der Waals surface area contributed by atoms with Crippen molar-refractivity contribution in [3.63, 3.8) is 0 Å². The summed E-state index contributed by atoms with van der Waals surface area (Å²) < 4.78 is 38.5. The molecular weight excluding hydrogens is 416 g/mol. The molecule has 0 saturated heterocycles. The van der Waals surface area contributed by atoms with E-state index in [2.05, 4.69) is 5.32 Å². The lowest BCUT2D eigenvalue weighted by Crippen LogP contribution is -2.35. The molecule has 0 fully saturated rings. The van der Waals surface area contributed by atoms with Crippen LogP contribution in [-0.2, 0) is 16.4 Å². The van der Waals surface area contributed by atoms with E-state index in [-0.39, 0.29) is 10.8 Å². The number of carbonyl (C=O) groups is 1. The summed E-state index contributed by atoms with van der Waals surface area (Å²) in [5.74, 6) is 1.58. The van der Waals surface area contributed by atoms with Crippen molar-refractivity contribution in [1.82, 2.24) is 0 Å². The van der Waals surface area contributed by atoms with Crippen molar-refractivity contribution in [3.8, 4) is 5.75 Å². The van der Waals surface area contributed by atoms with Gasteiger partial charge in [0.15, 0.2) is 0 Å². The quantitative estimate of drug-likeness (QED) is 0.639. The Morgan fingerprint density at radius 3 is 2.48 bits per heavy atom. The molecule has 1 N–H and O–H groups in total. The molecule has 0 aliphatic carbocycles. The molecule has 3 aromatic rings. The van der Waals surface area contributed by atoms with Crippen LogP contribution in [0.2, 0.25) is 0 Å². The number of methoxy groups -OCH3 is 1. The number of hydrogen-bond acceptors (Lipinski definition) is 5. The highest BCUT2D eigenvalue weighted by atomic mass is 32.2. The fourth-order valence-electron chi connectivity index (χ4n) is 3.82.